The summed E-state index contributed by atoms with van der Waals surface area (Å²) in [5.41, 5.74) is 9.18. The zero-order chi connectivity index (χ0) is 31.3. The molecule has 0 atom stereocenters. The number of nitrogens with zero attached hydrogens (tertiary/aromatic N) is 3. The molecule has 4 nitrogen and oxygen atoms in total. The molecule has 224 valence electrons. The fourth-order valence-corrected chi connectivity index (χ4v) is 8.68. The first-order valence-corrected chi connectivity index (χ1v) is 17.0. The molecule has 48 heavy (non-hydrogen) atoms. The molecule has 0 saturated carbocycles. The number of thiophene rings is 1. The molecule has 11 rings (SSSR count). The smallest absolute Gasteiger partial charge is 0.160 e. The summed E-state index contributed by atoms with van der Waals surface area (Å²) in [6.45, 7) is 0. The first kappa shape index (κ1) is 26.0. The number of para-hydroxylation sites is 2. The van der Waals surface area contributed by atoms with E-state index >= 15 is 0 Å². The molecule has 0 spiro atoms. The number of imidazole rings is 1. The summed E-state index contributed by atoms with van der Waals surface area (Å²) in [6, 6.07) is 53.9. The van der Waals surface area contributed by atoms with Crippen LogP contribution in [0.3, 0.4) is 0 Å². The first-order valence-electron chi connectivity index (χ1n) is 16.1. The average Bonchev–Trinajstić information content (AvgIpc) is 3.89. The molecule has 4 aromatic heterocycles. The van der Waals surface area contributed by atoms with Crippen molar-refractivity contribution in [1.29, 1.82) is 0 Å². The van der Waals surface area contributed by atoms with Crippen LogP contribution in [0.25, 0.3) is 97.7 Å². The third kappa shape index (κ3) is 3.56. The van der Waals surface area contributed by atoms with Gasteiger partial charge in [-0.2, -0.15) is 0 Å². The average molecular weight is 632 g/mol. The Bertz CT molecular complexity index is 3050. The van der Waals surface area contributed by atoms with E-state index in [9.17, 15) is 0 Å². The van der Waals surface area contributed by atoms with Gasteiger partial charge in [0, 0.05) is 64.7 Å². The van der Waals surface area contributed by atoms with Gasteiger partial charge in [0.25, 0.3) is 0 Å². The molecule has 0 N–H and O–H groups in total. The normalized spacial score (nSPS) is 12.2. The van der Waals surface area contributed by atoms with Gasteiger partial charge in [0.2, 0.25) is 0 Å². The Hall–Kier alpha value is -6.17. The zero-order valence-electron chi connectivity index (χ0n) is 25.6. The molecule has 0 saturated heterocycles. The third-order valence-corrected chi connectivity index (χ3v) is 10.9. The molecule has 7 aromatic carbocycles. The number of hydrogen-bond donors (Lipinski definition) is 0. The van der Waals surface area contributed by atoms with Crippen LogP contribution in [0, 0.1) is 0 Å². The zero-order valence-corrected chi connectivity index (χ0v) is 26.4. The molecule has 0 aliphatic heterocycles. The van der Waals surface area contributed by atoms with E-state index in [1.54, 1.807) is 0 Å². The second-order valence-electron chi connectivity index (χ2n) is 12.4. The molecule has 0 radical (unpaired) electrons. The van der Waals surface area contributed by atoms with Crippen LogP contribution in [0.4, 0.5) is 0 Å². The van der Waals surface area contributed by atoms with Crippen molar-refractivity contribution in [1.82, 2.24) is 14.1 Å². The van der Waals surface area contributed by atoms with Gasteiger partial charge in [-0.1, -0.05) is 91.0 Å². The molecular weight excluding hydrogens is 607 g/mol. The minimum atomic E-state index is 0.845. The summed E-state index contributed by atoms with van der Waals surface area (Å²) in [4.78, 5) is 5.22. The fraction of sp³-hybridized carbons (Fsp3) is 0. The quantitative estimate of drug-likeness (QED) is 0.194. The molecule has 0 bridgehead atoms. The van der Waals surface area contributed by atoms with Crippen LogP contribution in [0.5, 0.6) is 0 Å². The number of rotatable bonds is 3. The highest BCUT2D eigenvalue weighted by Gasteiger charge is 2.22. The minimum Gasteiger partial charge on any atom is -0.454 e. The highest BCUT2D eigenvalue weighted by molar-refractivity contribution is 7.25. The molecule has 0 fully saturated rings. The van der Waals surface area contributed by atoms with E-state index in [-0.39, 0.29) is 0 Å². The Morgan fingerprint density at radius 3 is 2.08 bits per heavy atom. The van der Waals surface area contributed by atoms with Gasteiger partial charge in [0.15, 0.2) is 5.58 Å². The molecule has 5 heteroatoms. The van der Waals surface area contributed by atoms with Crippen molar-refractivity contribution in [2.75, 3.05) is 0 Å². The number of aromatic nitrogens is 3. The Kier molecular flexibility index (Phi) is 5.23. The number of hydrogen-bond acceptors (Lipinski definition) is 3. The van der Waals surface area contributed by atoms with Gasteiger partial charge >= 0.3 is 0 Å². The van der Waals surface area contributed by atoms with E-state index in [0.29, 0.717) is 0 Å². The van der Waals surface area contributed by atoms with E-state index in [4.69, 9.17) is 9.40 Å². The van der Waals surface area contributed by atoms with Gasteiger partial charge in [0.1, 0.15) is 11.4 Å². The first-order chi connectivity index (χ1) is 23.8. The highest BCUT2D eigenvalue weighted by Crippen LogP contribution is 2.43. The van der Waals surface area contributed by atoms with Gasteiger partial charge in [-0.05, 0) is 54.6 Å². The third-order valence-electron chi connectivity index (χ3n) is 9.71. The summed E-state index contributed by atoms with van der Waals surface area (Å²) < 4.78 is 14.2. The van der Waals surface area contributed by atoms with Crippen molar-refractivity contribution in [2.45, 2.75) is 0 Å². The van der Waals surface area contributed by atoms with Crippen LogP contribution < -0.4 is 0 Å². The topological polar surface area (TPSA) is 35.9 Å². The van der Waals surface area contributed by atoms with Crippen molar-refractivity contribution in [3.8, 4) is 22.8 Å². The second kappa shape index (κ2) is 9.67. The van der Waals surface area contributed by atoms with Gasteiger partial charge in [0.05, 0.1) is 22.1 Å². The van der Waals surface area contributed by atoms with E-state index < -0.39 is 0 Å². The molecule has 11 aromatic rings. The predicted molar refractivity (Wildman–Crippen MR) is 201 cm³/mol. The summed E-state index contributed by atoms with van der Waals surface area (Å²) in [5, 5.41) is 7.10. The summed E-state index contributed by atoms with van der Waals surface area (Å²) in [6.07, 6.45) is 0. The minimum absolute atomic E-state index is 0.845. The maximum atomic E-state index is 6.95. The van der Waals surface area contributed by atoms with Crippen LogP contribution in [0.15, 0.2) is 156 Å². The highest BCUT2D eigenvalue weighted by atomic mass is 32.1. The lowest BCUT2D eigenvalue weighted by molar-refractivity contribution is 0.671. The van der Waals surface area contributed by atoms with Crippen LogP contribution >= 0.6 is 11.3 Å². The SMILES string of the molecule is c1ccc(-c2nc3cc4c(cc3n2-c2ccccc2)oc2c4ccc3c4ccccc4n(-c4ccc5sc6ccccc6c5c4)c32)cc1. The number of furan rings is 1. The summed E-state index contributed by atoms with van der Waals surface area (Å²) in [5.74, 6) is 0.910. The molecule has 0 aliphatic carbocycles. The van der Waals surface area contributed by atoms with Gasteiger partial charge in [-0.15, -0.1) is 11.3 Å². The van der Waals surface area contributed by atoms with Crippen molar-refractivity contribution in [3.63, 3.8) is 0 Å². The van der Waals surface area contributed by atoms with Gasteiger partial charge < -0.3 is 8.98 Å². The largest absolute Gasteiger partial charge is 0.454 e. The summed E-state index contributed by atoms with van der Waals surface area (Å²) in [7, 11) is 0. The molecule has 0 unspecified atom stereocenters. The number of fused-ring (bicyclic) bond motifs is 11. The Balaban J connectivity index is 1.23. The molecular formula is C43H25N3OS. The van der Waals surface area contributed by atoms with Crippen molar-refractivity contribution >= 4 is 86.3 Å². The van der Waals surface area contributed by atoms with E-state index in [1.807, 2.05) is 23.5 Å². The second-order valence-corrected chi connectivity index (χ2v) is 13.5. The predicted octanol–water partition coefficient (Wildman–Crippen LogP) is 12.1. The molecule has 0 aliphatic rings. The van der Waals surface area contributed by atoms with E-state index in [2.05, 4.69) is 149 Å². The van der Waals surface area contributed by atoms with Crippen LogP contribution in [0.1, 0.15) is 0 Å². The van der Waals surface area contributed by atoms with Crippen molar-refractivity contribution < 1.29 is 4.42 Å². The maximum Gasteiger partial charge on any atom is 0.160 e. The number of benzene rings is 7. The van der Waals surface area contributed by atoms with E-state index in [1.165, 1.54) is 30.9 Å². The van der Waals surface area contributed by atoms with E-state index in [0.717, 1.165) is 66.8 Å². The Morgan fingerprint density at radius 2 is 1.21 bits per heavy atom. The molecule has 0 amide bonds. The lowest BCUT2D eigenvalue weighted by atomic mass is 10.1. The monoisotopic (exact) mass is 631 g/mol. The fourth-order valence-electron chi connectivity index (χ4n) is 7.59. The van der Waals surface area contributed by atoms with Crippen molar-refractivity contribution in [2.24, 2.45) is 0 Å². The maximum absolute atomic E-state index is 6.95. The Labute approximate surface area is 278 Å². The van der Waals surface area contributed by atoms with Crippen LogP contribution in [0.2, 0.25) is 0 Å². The van der Waals surface area contributed by atoms with Crippen LogP contribution in [-0.4, -0.2) is 14.1 Å². The summed E-state index contributed by atoms with van der Waals surface area (Å²) >= 11 is 1.85. The Morgan fingerprint density at radius 1 is 0.479 bits per heavy atom. The standard InChI is InChI=1S/C43H25N3OS/c1-3-11-26(12-4-1)43-44-35-24-33-32-21-20-31-29-15-7-9-17-36(29)45(28-19-22-40-34(23-28)30-16-8-10-18-39(30)48-40)41(31)42(32)47-38(33)25-37(35)46(43)27-13-5-2-6-14-27/h1-25H. The van der Waals surface area contributed by atoms with Crippen molar-refractivity contribution in [3.05, 3.63) is 152 Å². The van der Waals surface area contributed by atoms with Gasteiger partial charge in [-0.25, -0.2) is 4.98 Å². The lowest BCUT2D eigenvalue weighted by Gasteiger charge is -2.09. The lowest BCUT2D eigenvalue weighted by Crippen LogP contribution is -1.97. The van der Waals surface area contributed by atoms with Gasteiger partial charge in [-0.3, -0.25) is 4.57 Å². The van der Waals surface area contributed by atoms with Crippen LogP contribution in [-0.2, 0) is 0 Å². The molecule has 4 heterocycles.